The minimum Gasteiger partial charge on any atom is -0.496 e. The fourth-order valence-electron chi connectivity index (χ4n) is 2.74. The van der Waals surface area contributed by atoms with E-state index in [1.54, 1.807) is 18.2 Å². The van der Waals surface area contributed by atoms with Gasteiger partial charge in [0.1, 0.15) is 5.75 Å². The van der Waals surface area contributed by atoms with Gasteiger partial charge in [-0.2, -0.15) is 0 Å². The molecule has 2 aromatic carbocycles. The first-order valence-electron chi connectivity index (χ1n) is 7.04. The van der Waals surface area contributed by atoms with E-state index in [0.717, 1.165) is 18.5 Å². The van der Waals surface area contributed by atoms with Gasteiger partial charge in [-0.3, -0.25) is 4.79 Å². The predicted molar refractivity (Wildman–Crippen MR) is 83.8 cm³/mol. The number of anilines is 2. The Morgan fingerprint density at radius 2 is 1.95 bits per heavy atom. The summed E-state index contributed by atoms with van der Waals surface area (Å²) in [5, 5.41) is 2.92. The maximum Gasteiger partial charge on any atom is 0.259 e. The number of methoxy groups -OCH3 is 1. The van der Waals surface area contributed by atoms with E-state index < -0.39 is 0 Å². The van der Waals surface area contributed by atoms with Crippen LogP contribution in [0.25, 0.3) is 0 Å². The van der Waals surface area contributed by atoms with E-state index in [0.29, 0.717) is 17.0 Å². The monoisotopic (exact) mass is 282 g/mol. The number of fused-ring (bicyclic) bond motifs is 1. The van der Waals surface area contributed by atoms with Gasteiger partial charge in [-0.1, -0.05) is 6.07 Å². The molecule has 0 fully saturated rings. The molecule has 1 aliphatic carbocycles. The Balaban J connectivity index is 1.83. The van der Waals surface area contributed by atoms with Crippen molar-refractivity contribution in [2.24, 2.45) is 0 Å². The fraction of sp³-hybridized carbons (Fsp3) is 0.235. The molecule has 3 N–H and O–H groups in total. The van der Waals surface area contributed by atoms with Gasteiger partial charge in [0.2, 0.25) is 0 Å². The average molecular weight is 282 g/mol. The lowest BCUT2D eigenvalue weighted by Gasteiger charge is -2.11. The number of rotatable bonds is 3. The van der Waals surface area contributed by atoms with Crippen LogP contribution < -0.4 is 15.8 Å². The molecule has 108 valence electrons. The van der Waals surface area contributed by atoms with Gasteiger partial charge in [0, 0.05) is 17.4 Å². The lowest BCUT2D eigenvalue weighted by molar-refractivity contribution is 0.102. The molecule has 4 nitrogen and oxygen atoms in total. The second-order valence-corrected chi connectivity index (χ2v) is 5.25. The van der Waals surface area contributed by atoms with Crippen molar-refractivity contribution in [3.63, 3.8) is 0 Å². The smallest absolute Gasteiger partial charge is 0.259 e. The molecule has 0 heterocycles. The summed E-state index contributed by atoms with van der Waals surface area (Å²) in [6.07, 6.45) is 3.41. The number of nitrogen functional groups attached to an aromatic ring is 1. The van der Waals surface area contributed by atoms with Gasteiger partial charge in [-0.25, -0.2) is 0 Å². The van der Waals surface area contributed by atoms with Crippen molar-refractivity contribution in [1.29, 1.82) is 0 Å². The molecule has 0 unspecified atom stereocenters. The molecule has 0 spiro atoms. The number of hydrogen-bond acceptors (Lipinski definition) is 3. The molecule has 1 amide bonds. The molecule has 0 aliphatic heterocycles. The third-order valence-electron chi connectivity index (χ3n) is 3.83. The first-order valence-corrected chi connectivity index (χ1v) is 7.04. The van der Waals surface area contributed by atoms with E-state index in [1.807, 2.05) is 6.07 Å². The molecule has 2 aromatic rings. The number of hydrogen-bond donors (Lipinski definition) is 2. The molecule has 0 bridgehead atoms. The number of carbonyl (C=O) groups is 1. The molecule has 3 rings (SSSR count). The van der Waals surface area contributed by atoms with Crippen molar-refractivity contribution in [3.8, 4) is 5.75 Å². The standard InChI is InChI=1S/C17H18N2O2/c1-21-16-10-13(18)6-8-15(16)17(20)19-14-7-5-11-3-2-4-12(11)9-14/h5-10H,2-4,18H2,1H3,(H,19,20). The summed E-state index contributed by atoms with van der Waals surface area (Å²) in [6.45, 7) is 0. The van der Waals surface area contributed by atoms with Crippen LogP contribution in [0.4, 0.5) is 11.4 Å². The van der Waals surface area contributed by atoms with Crippen molar-refractivity contribution in [2.45, 2.75) is 19.3 Å². The van der Waals surface area contributed by atoms with E-state index in [-0.39, 0.29) is 5.91 Å². The summed E-state index contributed by atoms with van der Waals surface area (Å²) in [4.78, 5) is 12.4. The van der Waals surface area contributed by atoms with E-state index in [4.69, 9.17) is 10.5 Å². The van der Waals surface area contributed by atoms with E-state index in [2.05, 4.69) is 17.4 Å². The Morgan fingerprint density at radius 3 is 2.76 bits per heavy atom. The highest BCUT2D eigenvalue weighted by atomic mass is 16.5. The second-order valence-electron chi connectivity index (χ2n) is 5.25. The minimum absolute atomic E-state index is 0.190. The van der Waals surface area contributed by atoms with Crippen LogP contribution in [0.1, 0.15) is 27.9 Å². The fourth-order valence-corrected chi connectivity index (χ4v) is 2.74. The second kappa shape index (κ2) is 5.48. The van der Waals surface area contributed by atoms with Crippen LogP contribution in [0.3, 0.4) is 0 Å². The topological polar surface area (TPSA) is 64.3 Å². The molecule has 21 heavy (non-hydrogen) atoms. The molecular weight excluding hydrogens is 264 g/mol. The predicted octanol–water partition coefficient (Wildman–Crippen LogP) is 3.02. The molecule has 0 saturated heterocycles. The van der Waals surface area contributed by atoms with E-state index >= 15 is 0 Å². The van der Waals surface area contributed by atoms with Crippen molar-refractivity contribution < 1.29 is 9.53 Å². The Labute approximate surface area is 123 Å². The molecule has 0 radical (unpaired) electrons. The third-order valence-corrected chi connectivity index (χ3v) is 3.83. The zero-order chi connectivity index (χ0) is 14.8. The zero-order valence-electron chi connectivity index (χ0n) is 12.0. The van der Waals surface area contributed by atoms with Crippen LogP contribution >= 0.6 is 0 Å². The largest absolute Gasteiger partial charge is 0.496 e. The molecule has 0 aromatic heterocycles. The van der Waals surface area contributed by atoms with Gasteiger partial charge in [0.25, 0.3) is 5.91 Å². The summed E-state index contributed by atoms with van der Waals surface area (Å²) in [7, 11) is 1.53. The summed E-state index contributed by atoms with van der Waals surface area (Å²) >= 11 is 0. The van der Waals surface area contributed by atoms with E-state index in [1.165, 1.54) is 24.7 Å². The van der Waals surface area contributed by atoms with Gasteiger partial charge in [0.15, 0.2) is 0 Å². The maximum atomic E-state index is 12.4. The average Bonchev–Trinajstić information content (AvgIpc) is 2.94. The summed E-state index contributed by atoms with van der Waals surface area (Å²) in [5.41, 5.74) is 10.3. The maximum absolute atomic E-state index is 12.4. The van der Waals surface area contributed by atoms with Crippen LogP contribution in [0.15, 0.2) is 36.4 Å². The molecule has 1 aliphatic rings. The SMILES string of the molecule is COc1cc(N)ccc1C(=O)Nc1ccc2c(c1)CCC2. The first-order chi connectivity index (χ1) is 10.2. The Morgan fingerprint density at radius 1 is 1.14 bits per heavy atom. The number of aryl methyl sites for hydroxylation is 2. The Kier molecular flexibility index (Phi) is 3.52. The lowest BCUT2D eigenvalue weighted by Crippen LogP contribution is -2.13. The van der Waals surface area contributed by atoms with Crippen LogP contribution in [0.2, 0.25) is 0 Å². The van der Waals surface area contributed by atoms with Gasteiger partial charge in [-0.15, -0.1) is 0 Å². The quantitative estimate of drug-likeness (QED) is 0.850. The van der Waals surface area contributed by atoms with Crippen molar-refractivity contribution in [2.75, 3.05) is 18.2 Å². The third kappa shape index (κ3) is 2.70. The summed E-state index contributed by atoms with van der Waals surface area (Å²) in [5.74, 6) is 0.290. The van der Waals surface area contributed by atoms with E-state index in [9.17, 15) is 4.79 Å². The van der Waals surface area contributed by atoms with Crippen molar-refractivity contribution in [1.82, 2.24) is 0 Å². The Hall–Kier alpha value is -2.49. The van der Waals surface area contributed by atoms with Crippen molar-refractivity contribution in [3.05, 3.63) is 53.1 Å². The zero-order valence-corrected chi connectivity index (χ0v) is 12.0. The highest BCUT2D eigenvalue weighted by Gasteiger charge is 2.15. The molecule has 0 atom stereocenters. The highest BCUT2D eigenvalue weighted by Crippen LogP contribution is 2.26. The van der Waals surface area contributed by atoms with Gasteiger partial charge < -0.3 is 15.8 Å². The number of nitrogens with one attached hydrogen (secondary N) is 1. The minimum atomic E-state index is -0.190. The van der Waals surface area contributed by atoms with Gasteiger partial charge >= 0.3 is 0 Å². The van der Waals surface area contributed by atoms with Crippen LogP contribution in [-0.4, -0.2) is 13.0 Å². The number of amides is 1. The Bertz CT molecular complexity index is 695. The summed E-state index contributed by atoms with van der Waals surface area (Å²) < 4.78 is 5.22. The van der Waals surface area contributed by atoms with Crippen molar-refractivity contribution >= 4 is 17.3 Å². The number of benzene rings is 2. The van der Waals surface area contributed by atoms with Crippen LogP contribution in [0, 0.1) is 0 Å². The molecular formula is C17H18N2O2. The molecule has 4 heteroatoms. The summed E-state index contributed by atoms with van der Waals surface area (Å²) in [6, 6.07) is 11.1. The van der Waals surface area contributed by atoms with Gasteiger partial charge in [0.05, 0.1) is 12.7 Å². The number of carbonyl (C=O) groups excluding carboxylic acids is 1. The van der Waals surface area contributed by atoms with Crippen LogP contribution in [0.5, 0.6) is 5.75 Å². The molecule has 0 saturated carbocycles. The first kappa shape index (κ1) is 13.5. The highest BCUT2D eigenvalue weighted by molar-refractivity contribution is 6.06. The van der Waals surface area contributed by atoms with Crippen LogP contribution in [-0.2, 0) is 12.8 Å². The normalized spacial score (nSPS) is 12.8. The lowest BCUT2D eigenvalue weighted by atomic mass is 10.1. The number of ether oxygens (including phenoxy) is 1. The number of nitrogens with two attached hydrogens (primary N) is 1. The van der Waals surface area contributed by atoms with Gasteiger partial charge in [-0.05, 0) is 54.7 Å².